The molecule has 3 rings (SSSR count). The number of hydrogen-bond acceptors (Lipinski definition) is 5. The van der Waals surface area contributed by atoms with Crippen LogP contribution < -0.4 is 0 Å². The van der Waals surface area contributed by atoms with Gasteiger partial charge in [0, 0.05) is 13.8 Å². The maximum Gasteiger partial charge on any atom is 0.348 e. The van der Waals surface area contributed by atoms with Gasteiger partial charge in [-0.3, -0.25) is 0 Å². The second kappa shape index (κ2) is 5.42. The van der Waals surface area contributed by atoms with Gasteiger partial charge in [0.05, 0.1) is 0 Å². The van der Waals surface area contributed by atoms with Crippen molar-refractivity contribution in [3.8, 4) is 11.1 Å². The van der Waals surface area contributed by atoms with Crippen molar-refractivity contribution in [1.29, 1.82) is 0 Å². The molecule has 0 aliphatic carbocycles. The lowest BCUT2D eigenvalue weighted by molar-refractivity contribution is -0.222. The Morgan fingerprint density at radius 2 is 1.59 bits per heavy atom. The van der Waals surface area contributed by atoms with E-state index in [1.54, 1.807) is 11.3 Å². The molecule has 0 saturated carbocycles. The van der Waals surface area contributed by atoms with Crippen molar-refractivity contribution in [3.05, 3.63) is 52.2 Å². The summed E-state index contributed by atoms with van der Waals surface area (Å²) in [5.74, 6) is -2.54. The average molecular weight is 314 g/mol. The number of benzene rings is 1. The molecule has 1 fully saturated rings. The van der Waals surface area contributed by atoms with Crippen molar-refractivity contribution in [3.63, 3.8) is 0 Å². The van der Waals surface area contributed by atoms with Crippen LogP contribution in [0, 0.1) is 0 Å². The van der Waals surface area contributed by atoms with Crippen LogP contribution in [0.4, 0.5) is 0 Å². The van der Waals surface area contributed by atoms with Gasteiger partial charge in [0.15, 0.2) is 0 Å². The minimum atomic E-state index is -1.21. The molecule has 1 aromatic heterocycles. The number of ether oxygens (including phenoxy) is 2. The first kappa shape index (κ1) is 14.5. The highest BCUT2D eigenvalue weighted by atomic mass is 32.1. The van der Waals surface area contributed by atoms with E-state index in [0.717, 1.165) is 16.7 Å². The highest BCUT2D eigenvalue weighted by Crippen LogP contribution is 2.26. The third-order valence-electron chi connectivity index (χ3n) is 3.19. The Bertz CT molecular complexity index is 717. The van der Waals surface area contributed by atoms with Gasteiger partial charge in [-0.05, 0) is 39.6 Å². The van der Waals surface area contributed by atoms with Crippen LogP contribution in [-0.4, -0.2) is 17.7 Å². The van der Waals surface area contributed by atoms with Gasteiger partial charge in [0.25, 0.3) is 5.79 Å². The SMILES string of the molecule is CC1(C)OC(=O)C(=Cc2ccc(-c3ccsc3)cc2)C(=O)O1. The van der Waals surface area contributed by atoms with E-state index in [-0.39, 0.29) is 5.57 Å². The normalized spacial score (nSPS) is 16.9. The molecule has 0 radical (unpaired) electrons. The van der Waals surface area contributed by atoms with Crippen LogP contribution in [0.1, 0.15) is 19.4 Å². The van der Waals surface area contributed by atoms with Crippen LogP contribution in [0.5, 0.6) is 0 Å². The van der Waals surface area contributed by atoms with Gasteiger partial charge in [-0.2, -0.15) is 11.3 Å². The average Bonchev–Trinajstić information content (AvgIpc) is 2.97. The lowest BCUT2D eigenvalue weighted by Gasteiger charge is -2.29. The summed E-state index contributed by atoms with van der Waals surface area (Å²) in [5.41, 5.74) is 2.87. The molecule has 2 heterocycles. The molecule has 0 amide bonds. The van der Waals surface area contributed by atoms with E-state index < -0.39 is 17.7 Å². The van der Waals surface area contributed by atoms with E-state index in [9.17, 15) is 9.59 Å². The fourth-order valence-electron chi connectivity index (χ4n) is 2.15. The standard InChI is InChI=1S/C17H14O4S/c1-17(2)20-15(18)14(16(19)21-17)9-11-3-5-12(6-4-11)13-7-8-22-10-13/h3-10H,1-2H3. The van der Waals surface area contributed by atoms with Crippen molar-refractivity contribution in [1.82, 2.24) is 0 Å². The van der Waals surface area contributed by atoms with E-state index in [0.29, 0.717) is 0 Å². The number of cyclic esters (lactones) is 2. The van der Waals surface area contributed by atoms with Gasteiger partial charge in [-0.15, -0.1) is 0 Å². The first-order chi connectivity index (χ1) is 10.4. The Morgan fingerprint density at radius 1 is 0.955 bits per heavy atom. The Kier molecular flexibility index (Phi) is 3.58. The van der Waals surface area contributed by atoms with Gasteiger partial charge < -0.3 is 9.47 Å². The van der Waals surface area contributed by atoms with Crippen molar-refractivity contribution in [2.45, 2.75) is 19.6 Å². The first-order valence-corrected chi connectivity index (χ1v) is 7.70. The molecule has 1 saturated heterocycles. The van der Waals surface area contributed by atoms with Gasteiger partial charge in [0.1, 0.15) is 5.57 Å². The van der Waals surface area contributed by atoms with E-state index in [1.807, 2.05) is 35.7 Å². The summed E-state index contributed by atoms with van der Waals surface area (Å²) in [4.78, 5) is 23.8. The zero-order chi connectivity index (χ0) is 15.7. The quantitative estimate of drug-likeness (QED) is 0.482. The molecular formula is C17H14O4S. The number of carbonyl (C=O) groups is 2. The second-order valence-electron chi connectivity index (χ2n) is 5.37. The number of esters is 2. The molecular weight excluding hydrogens is 300 g/mol. The summed E-state index contributed by atoms with van der Waals surface area (Å²) < 4.78 is 10.1. The van der Waals surface area contributed by atoms with Crippen LogP contribution in [0.3, 0.4) is 0 Å². The molecule has 0 atom stereocenters. The summed E-state index contributed by atoms with van der Waals surface area (Å²) in [6.07, 6.45) is 1.48. The largest absolute Gasteiger partial charge is 0.419 e. The number of hydrogen-bond donors (Lipinski definition) is 0. The molecule has 4 nitrogen and oxygen atoms in total. The van der Waals surface area contributed by atoms with Crippen molar-refractivity contribution in [2.24, 2.45) is 0 Å². The van der Waals surface area contributed by atoms with Crippen molar-refractivity contribution in [2.75, 3.05) is 0 Å². The van der Waals surface area contributed by atoms with E-state index >= 15 is 0 Å². The van der Waals surface area contributed by atoms with Gasteiger partial charge >= 0.3 is 11.9 Å². The first-order valence-electron chi connectivity index (χ1n) is 6.76. The molecule has 1 aliphatic heterocycles. The molecule has 1 aromatic carbocycles. The Balaban J connectivity index is 1.86. The molecule has 5 heteroatoms. The van der Waals surface area contributed by atoms with E-state index in [1.165, 1.54) is 19.9 Å². The van der Waals surface area contributed by atoms with Crippen LogP contribution in [0.15, 0.2) is 46.7 Å². The maximum absolute atomic E-state index is 11.9. The number of rotatable bonds is 2. The summed E-state index contributed by atoms with van der Waals surface area (Å²) in [6.45, 7) is 3.05. The Morgan fingerprint density at radius 3 is 2.14 bits per heavy atom. The lowest BCUT2D eigenvalue weighted by Crippen LogP contribution is -2.41. The fraction of sp³-hybridized carbons (Fsp3) is 0.176. The fourth-order valence-corrected chi connectivity index (χ4v) is 2.81. The van der Waals surface area contributed by atoms with Crippen LogP contribution >= 0.6 is 11.3 Å². The monoisotopic (exact) mass is 314 g/mol. The zero-order valence-electron chi connectivity index (χ0n) is 12.2. The van der Waals surface area contributed by atoms with Crippen LogP contribution in [-0.2, 0) is 19.1 Å². The molecule has 0 spiro atoms. The van der Waals surface area contributed by atoms with E-state index in [4.69, 9.17) is 9.47 Å². The Hall–Kier alpha value is -2.40. The summed E-state index contributed by atoms with van der Waals surface area (Å²) in [7, 11) is 0. The topological polar surface area (TPSA) is 52.6 Å². The summed E-state index contributed by atoms with van der Waals surface area (Å²) in [5, 5.41) is 4.08. The number of thiophene rings is 1. The highest BCUT2D eigenvalue weighted by molar-refractivity contribution is 7.08. The van der Waals surface area contributed by atoms with Crippen molar-refractivity contribution >= 4 is 29.4 Å². The number of carbonyl (C=O) groups excluding carboxylic acids is 2. The molecule has 112 valence electrons. The smallest absolute Gasteiger partial charge is 0.348 e. The minimum Gasteiger partial charge on any atom is -0.419 e. The van der Waals surface area contributed by atoms with Crippen LogP contribution in [0.25, 0.3) is 17.2 Å². The summed E-state index contributed by atoms with van der Waals surface area (Å²) >= 11 is 1.63. The van der Waals surface area contributed by atoms with Crippen LogP contribution in [0.2, 0.25) is 0 Å². The third kappa shape index (κ3) is 2.94. The van der Waals surface area contributed by atoms with Gasteiger partial charge in [-0.1, -0.05) is 24.3 Å². The van der Waals surface area contributed by atoms with Crippen molar-refractivity contribution < 1.29 is 19.1 Å². The molecule has 0 unspecified atom stereocenters. The predicted molar refractivity (Wildman–Crippen MR) is 84.0 cm³/mol. The Labute approximate surface area is 132 Å². The maximum atomic E-state index is 11.9. The lowest BCUT2D eigenvalue weighted by atomic mass is 10.0. The molecule has 0 bridgehead atoms. The molecule has 0 N–H and O–H groups in total. The molecule has 22 heavy (non-hydrogen) atoms. The summed E-state index contributed by atoms with van der Waals surface area (Å²) in [6, 6.07) is 9.62. The minimum absolute atomic E-state index is 0.0948. The predicted octanol–water partition coefficient (Wildman–Crippen LogP) is 3.63. The van der Waals surface area contributed by atoms with E-state index in [2.05, 4.69) is 5.38 Å². The van der Waals surface area contributed by atoms with Gasteiger partial charge in [0.2, 0.25) is 0 Å². The second-order valence-corrected chi connectivity index (χ2v) is 6.15. The molecule has 2 aromatic rings. The zero-order valence-corrected chi connectivity index (χ0v) is 13.0. The molecule has 1 aliphatic rings. The third-order valence-corrected chi connectivity index (χ3v) is 3.88. The van der Waals surface area contributed by atoms with Gasteiger partial charge in [-0.25, -0.2) is 9.59 Å². The highest BCUT2D eigenvalue weighted by Gasteiger charge is 2.38.